The molecular weight excluding hydrogens is 665 g/mol. The lowest BCUT2D eigenvalue weighted by Crippen LogP contribution is -2.00. The van der Waals surface area contributed by atoms with Crippen molar-refractivity contribution in [1.29, 1.82) is 0 Å². The van der Waals surface area contributed by atoms with Crippen molar-refractivity contribution < 1.29 is 0 Å². The minimum absolute atomic E-state index is 0.923. The van der Waals surface area contributed by atoms with Gasteiger partial charge in [0, 0.05) is 11.3 Å². The van der Waals surface area contributed by atoms with Crippen molar-refractivity contribution in [3.8, 4) is 83.8 Å². The summed E-state index contributed by atoms with van der Waals surface area (Å²) in [6.07, 6.45) is 0. The van der Waals surface area contributed by atoms with Gasteiger partial charge in [-0.1, -0.05) is 182 Å². The van der Waals surface area contributed by atoms with E-state index in [2.05, 4.69) is 211 Å². The summed E-state index contributed by atoms with van der Waals surface area (Å²) in [5, 5.41) is 2.58. The van der Waals surface area contributed by atoms with Crippen molar-refractivity contribution in [1.82, 2.24) is 9.55 Å². The molecule has 55 heavy (non-hydrogen) atoms. The Morgan fingerprint density at radius 1 is 0.309 bits per heavy atom. The monoisotopic (exact) mass is 698 g/mol. The number of nitrogens with zero attached hydrogens (tertiary/aromatic N) is 2. The summed E-state index contributed by atoms with van der Waals surface area (Å²) in [7, 11) is 0. The molecule has 11 rings (SSSR count). The van der Waals surface area contributed by atoms with Crippen LogP contribution in [-0.2, 0) is 0 Å². The second-order valence-electron chi connectivity index (χ2n) is 14.2. The third-order valence-electron chi connectivity index (χ3n) is 11.1. The van der Waals surface area contributed by atoms with Gasteiger partial charge in [-0.25, -0.2) is 4.98 Å². The Hall–Kier alpha value is -7.29. The first kappa shape index (κ1) is 31.3. The highest BCUT2D eigenvalue weighted by atomic mass is 15.1. The summed E-state index contributed by atoms with van der Waals surface area (Å²) in [4.78, 5) is 5.20. The van der Waals surface area contributed by atoms with E-state index in [1.54, 1.807) is 0 Å². The van der Waals surface area contributed by atoms with Gasteiger partial charge in [0.05, 0.1) is 11.0 Å². The van der Waals surface area contributed by atoms with E-state index in [0.717, 1.165) is 33.7 Å². The molecule has 1 aromatic heterocycles. The third-order valence-corrected chi connectivity index (χ3v) is 11.1. The van der Waals surface area contributed by atoms with Crippen molar-refractivity contribution in [2.75, 3.05) is 0 Å². The molecule has 0 saturated heterocycles. The van der Waals surface area contributed by atoms with Crippen molar-refractivity contribution in [2.45, 2.75) is 0 Å². The fourth-order valence-corrected chi connectivity index (χ4v) is 8.86. The minimum Gasteiger partial charge on any atom is -0.292 e. The van der Waals surface area contributed by atoms with Crippen LogP contribution in [0.3, 0.4) is 0 Å². The van der Waals surface area contributed by atoms with E-state index >= 15 is 0 Å². The average Bonchev–Trinajstić information content (AvgIpc) is 3.82. The quantitative estimate of drug-likeness (QED) is 0.169. The van der Waals surface area contributed by atoms with Crippen molar-refractivity contribution in [3.63, 3.8) is 0 Å². The SMILES string of the molecule is c1ccc(-c2c(-c3ccc(-c4nc5ccccc5n4-c4ccccc4)cc3)c(-c3ccccc3)c3c(c2-c2ccccc2)-c2cccc4cccc-3c24)cc1. The van der Waals surface area contributed by atoms with Gasteiger partial charge in [-0.2, -0.15) is 0 Å². The maximum absolute atomic E-state index is 5.20. The van der Waals surface area contributed by atoms with Gasteiger partial charge >= 0.3 is 0 Å². The van der Waals surface area contributed by atoms with Gasteiger partial charge in [0.25, 0.3) is 0 Å². The van der Waals surface area contributed by atoms with Gasteiger partial charge in [-0.15, -0.1) is 0 Å². The van der Waals surface area contributed by atoms with Crippen molar-refractivity contribution in [3.05, 3.63) is 206 Å². The summed E-state index contributed by atoms with van der Waals surface area (Å²) in [5.74, 6) is 0.923. The lowest BCUT2D eigenvalue weighted by molar-refractivity contribution is 1.10. The molecule has 2 heteroatoms. The molecule has 0 atom stereocenters. The zero-order chi connectivity index (χ0) is 36.3. The molecule has 0 N–H and O–H groups in total. The molecule has 0 spiro atoms. The molecule has 256 valence electrons. The van der Waals surface area contributed by atoms with E-state index in [1.807, 2.05) is 0 Å². The number of hydrogen-bond donors (Lipinski definition) is 0. The van der Waals surface area contributed by atoms with Crippen LogP contribution in [0.1, 0.15) is 0 Å². The molecule has 10 aromatic rings. The number of aromatic nitrogens is 2. The van der Waals surface area contributed by atoms with E-state index in [4.69, 9.17) is 4.98 Å². The van der Waals surface area contributed by atoms with Crippen LogP contribution in [0, 0.1) is 0 Å². The fraction of sp³-hybridized carbons (Fsp3) is 0. The van der Waals surface area contributed by atoms with Crippen LogP contribution in [0.4, 0.5) is 0 Å². The Balaban J connectivity index is 1.26. The van der Waals surface area contributed by atoms with Crippen LogP contribution in [0.5, 0.6) is 0 Å². The molecule has 1 aliphatic rings. The molecule has 1 aliphatic carbocycles. The lowest BCUT2D eigenvalue weighted by atomic mass is 9.76. The zero-order valence-corrected chi connectivity index (χ0v) is 30.0. The number of rotatable bonds is 6. The van der Waals surface area contributed by atoms with Gasteiger partial charge in [0.15, 0.2) is 0 Å². The number of hydrogen-bond acceptors (Lipinski definition) is 1. The number of imidazole rings is 1. The summed E-state index contributed by atoms with van der Waals surface area (Å²) in [6, 6.07) is 74.6. The van der Waals surface area contributed by atoms with E-state index in [0.29, 0.717) is 0 Å². The Bertz CT molecular complexity index is 3030. The maximum Gasteiger partial charge on any atom is 0.145 e. The molecule has 0 amide bonds. The molecule has 0 radical (unpaired) electrons. The first-order chi connectivity index (χ1) is 27.3. The highest BCUT2D eigenvalue weighted by molar-refractivity contribution is 6.25. The summed E-state index contributed by atoms with van der Waals surface area (Å²) in [6.45, 7) is 0. The fourth-order valence-electron chi connectivity index (χ4n) is 8.86. The highest BCUT2D eigenvalue weighted by Crippen LogP contribution is 2.60. The van der Waals surface area contributed by atoms with Crippen molar-refractivity contribution in [2.24, 2.45) is 0 Å². The first-order valence-corrected chi connectivity index (χ1v) is 18.9. The molecule has 1 heterocycles. The normalized spacial score (nSPS) is 11.6. The van der Waals surface area contributed by atoms with Gasteiger partial charge in [0.2, 0.25) is 0 Å². The smallest absolute Gasteiger partial charge is 0.145 e. The Morgan fingerprint density at radius 2 is 0.727 bits per heavy atom. The standard InChI is InChI=1S/C53H34N2/c1-5-17-36(18-6-1)47-48(39-31-33-40(34-32-39)53-54-44-29-13-14-30-45(44)55(53)41-25-11-4-12-26-41)50(38-21-9-3-10-22-38)52-43-28-16-24-35-23-15-27-42(46(35)43)51(52)49(47)37-19-7-2-8-20-37/h1-34H. The highest BCUT2D eigenvalue weighted by Gasteiger charge is 2.33. The summed E-state index contributed by atoms with van der Waals surface area (Å²) >= 11 is 0. The minimum atomic E-state index is 0.923. The number of benzene rings is 9. The second-order valence-corrected chi connectivity index (χ2v) is 14.2. The molecule has 0 unspecified atom stereocenters. The Labute approximate surface area is 320 Å². The van der Waals surface area contributed by atoms with Crippen LogP contribution < -0.4 is 0 Å². The maximum atomic E-state index is 5.20. The largest absolute Gasteiger partial charge is 0.292 e. The van der Waals surface area contributed by atoms with E-state index < -0.39 is 0 Å². The van der Waals surface area contributed by atoms with Crippen LogP contribution in [0.15, 0.2) is 206 Å². The number of fused-ring (bicyclic) bond motifs is 4. The molecule has 0 fully saturated rings. The van der Waals surface area contributed by atoms with Gasteiger partial charge < -0.3 is 0 Å². The van der Waals surface area contributed by atoms with Crippen LogP contribution in [-0.4, -0.2) is 9.55 Å². The topological polar surface area (TPSA) is 17.8 Å². The van der Waals surface area contributed by atoms with Crippen molar-refractivity contribution >= 4 is 21.8 Å². The molecule has 0 bridgehead atoms. The summed E-state index contributed by atoms with van der Waals surface area (Å²) < 4.78 is 2.27. The Morgan fingerprint density at radius 3 is 1.25 bits per heavy atom. The van der Waals surface area contributed by atoms with Gasteiger partial charge in [-0.3, -0.25) is 4.57 Å². The third kappa shape index (κ3) is 4.92. The van der Waals surface area contributed by atoms with E-state index in [-0.39, 0.29) is 0 Å². The predicted molar refractivity (Wildman–Crippen MR) is 230 cm³/mol. The summed E-state index contributed by atoms with van der Waals surface area (Å²) in [5.41, 5.74) is 19.1. The molecule has 9 aromatic carbocycles. The van der Waals surface area contributed by atoms with Crippen LogP contribution in [0.25, 0.3) is 106 Å². The average molecular weight is 699 g/mol. The molecular formula is C53H34N2. The lowest BCUT2D eigenvalue weighted by Gasteiger charge is -2.26. The van der Waals surface area contributed by atoms with E-state index in [1.165, 1.54) is 72.0 Å². The van der Waals surface area contributed by atoms with Gasteiger partial charge in [0.1, 0.15) is 5.82 Å². The van der Waals surface area contributed by atoms with Gasteiger partial charge in [-0.05, 0) is 102 Å². The van der Waals surface area contributed by atoms with Crippen LogP contribution in [0.2, 0.25) is 0 Å². The first-order valence-electron chi connectivity index (χ1n) is 18.9. The molecule has 0 saturated carbocycles. The predicted octanol–water partition coefficient (Wildman–Crippen LogP) is 14.2. The molecule has 2 nitrogen and oxygen atoms in total. The Kier molecular flexibility index (Phi) is 7.21. The number of para-hydroxylation sites is 3. The van der Waals surface area contributed by atoms with E-state index in [9.17, 15) is 0 Å². The zero-order valence-electron chi connectivity index (χ0n) is 30.0. The van der Waals surface area contributed by atoms with Crippen LogP contribution >= 0.6 is 0 Å². The molecule has 0 aliphatic heterocycles. The second kappa shape index (κ2) is 12.7.